The van der Waals surface area contributed by atoms with Gasteiger partial charge in [-0.25, -0.2) is 12.8 Å². The predicted molar refractivity (Wildman–Crippen MR) is 77.5 cm³/mol. The van der Waals surface area contributed by atoms with E-state index >= 15 is 0 Å². The zero-order chi connectivity index (χ0) is 13.9. The van der Waals surface area contributed by atoms with Gasteiger partial charge < -0.3 is 0 Å². The third kappa shape index (κ3) is 3.99. The quantitative estimate of drug-likeness (QED) is 0.842. The average molecular weight is 346 g/mol. The van der Waals surface area contributed by atoms with Gasteiger partial charge in [-0.2, -0.15) is 4.31 Å². The Balaban J connectivity index is 2.15. The zero-order valence-corrected chi connectivity index (χ0v) is 12.5. The van der Waals surface area contributed by atoms with Gasteiger partial charge in [-0.1, -0.05) is 34.1 Å². The molecule has 1 aliphatic rings. The van der Waals surface area contributed by atoms with Crippen molar-refractivity contribution < 1.29 is 12.8 Å². The second kappa shape index (κ2) is 5.98. The fraction of sp³-hybridized carbons (Fsp3) is 0.231. The molecule has 0 amide bonds. The first-order valence-corrected chi connectivity index (χ1v) is 8.05. The highest BCUT2D eigenvalue weighted by Gasteiger charge is 2.22. The van der Waals surface area contributed by atoms with Gasteiger partial charge in [-0.3, -0.25) is 0 Å². The minimum absolute atomic E-state index is 0.175. The number of nitrogens with zero attached hydrogens (tertiary/aromatic N) is 1. The molecule has 1 aliphatic heterocycles. The average Bonchev–Trinajstić information content (AvgIpc) is 2.37. The molecule has 3 nitrogen and oxygen atoms in total. The molecule has 0 aliphatic carbocycles. The van der Waals surface area contributed by atoms with Crippen LogP contribution in [0.2, 0.25) is 0 Å². The maximum absolute atomic E-state index is 13.1. The summed E-state index contributed by atoms with van der Waals surface area (Å²) in [4.78, 5) is 0. The molecule has 1 aromatic rings. The van der Waals surface area contributed by atoms with Crippen molar-refractivity contribution in [3.05, 3.63) is 51.6 Å². The van der Waals surface area contributed by atoms with Gasteiger partial charge in [-0.15, -0.1) is 0 Å². The summed E-state index contributed by atoms with van der Waals surface area (Å²) in [7, 11) is -3.57. The van der Waals surface area contributed by atoms with Gasteiger partial charge in [0.2, 0.25) is 10.0 Å². The van der Waals surface area contributed by atoms with Crippen molar-refractivity contribution in [2.24, 2.45) is 0 Å². The summed E-state index contributed by atoms with van der Waals surface area (Å²) in [5.41, 5.74) is 0.769. The van der Waals surface area contributed by atoms with E-state index < -0.39 is 15.9 Å². The summed E-state index contributed by atoms with van der Waals surface area (Å²) >= 11 is 3.32. The first kappa shape index (κ1) is 14.4. The van der Waals surface area contributed by atoms with Crippen LogP contribution in [0, 0.1) is 0 Å². The first-order chi connectivity index (χ1) is 8.97. The summed E-state index contributed by atoms with van der Waals surface area (Å²) in [6.45, 7) is 0.143. The molecular weight excluding hydrogens is 333 g/mol. The van der Waals surface area contributed by atoms with E-state index in [0.29, 0.717) is 13.0 Å². The number of benzene rings is 1. The van der Waals surface area contributed by atoms with E-state index in [1.54, 1.807) is 6.07 Å². The molecule has 102 valence electrons. The lowest BCUT2D eigenvalue weighted by molar-refractivity contribution is 0.393. The first-order valence-electron chi connectivity index (χ1n) is 5.76. The monoisotopic (exact) mass is 345 g/mol. The molecule has 0 unspecified atom stereocenters. The topological polar surface area (TPSA) is 37.4 Å². The Morgan fingerprint density at radius 1 is 1.37 bits per heavy atom. The van der Waals surface area contributed by atoms with Crippen LogP contribution < -0.4 is 0 Å². The van der Waals surface area contributed by atoms with Crippen LogP contribution in [0.5, 0.6) is 0 Å². The SMILES string of the molecule is O=S(=O)(/C=C/c1cccc(Br)c1)N1CCC=C(F)C1. The molecule has 6 heteroatoms. The Labute approximate surface area is 120 Å². The van der Waals surface area contributed by atoms with Crippen LogP contribution in [0.4, 0.5) is 4.39 Å². The second-order valence-corrected chi connectivity index (χ2v) is 6.91. The molecule has 2 rings (SSSR count). The Bertz CT molecular complexity index is 625. The Morgan fingerprint density at radius 3 is 2.84 bits per heavy atom. The summed E-state index contributed by atoms with van der Waals surface area (Å²) in [6.07, 6.45) is 3.34. The third-order valence-corrected chi connectivity index (χ3v) is 4.72. The predicted octanol–water partition coefficient (Wildman–Crippen LogP) is 3.31. The van der Waals surface area contributed by atoms with Crippen molar-refractivity contribution in [1.82, 2.24) is 4.31 Å². The number of sulfonamides is 1. The molecular formula is C13H13BrFNO2S. The van der Waals surface area contributed by atoms with Crippen molar-refractivity contribution >= 4 is 32.0 Å². The molecule has 0 atom stereocenters. The van der Waals surface area contributed by atoms with Crippen LogP contribution >= 0.6 is 15.9 Å². The second-order valence-electron chi connectivity index (χ2n) is 4.18. The molecule has 0 N–H and O–H groups in total. The maximum atomic E-state index is 13.1. The molecule has 1 heterocycles. The van der Waals surface area contributed by atoms with E-state index in [2.05, 4.69) is 15.9 Å². The number of hydrogen-bond donors (Lipinski definition) is 0. The molecule has 0 bridgehead atoms. The van der Waals surface area contributed by atoms with Crippen molar-refractivity contribution in [2.75, 3.05) is 13.1 Å². The van der Waals surface area contributed by atoms with Gasteiger partial charge in [0.15, 0.2) is 0 Å². The summed E-state index contributed by atoms with van der Waals surface area (Å²) in [5.74, 6) is -0.398. The van der Waals surface area contributed by atoms with Gasteiger partial charge in [-0.05, 0) is 30.2 Å². The van der Waals surface area contributed by atoms with Gasteiger partial charge in [0.05, 0.1) is 6.54 Å². The lowest BCUT2D eigenvalue weighted by Gasteiger charge is -2.21. The van der Waals surface area contributed by atoms with E-state index in [4.69, 9.17) is 0 Å². The van der Waals surface area contributed by atoms with Gasteiger partial charge in [0, 0.05) is 16.4 Å². The van der Waals surface area contributed by atoms with E-state index in [1.807, 2.05) is 18.2 Å². The van der Waals surface area contributed by atoms with Gasteiger partial charge >= 0.3 is 0 Å². The molecule has 0 aromatic heterocycles. The zero-order valence-electron chi connectivity index (χ0n) is 10.1. The highest BCUT2D eigenvalue weighted by atomic mass is 79.9. The van der Waals surface area contributed by atoms with Crippen LogP contribution in [0.3, 0.4) is 0 Å². The third-order valence-electron chi connectivity index (χ3n) is 2.71. The number of halogens is 2. The standard InChI is InChI=1S/C13H13BrFNO2S/c14-12-4-1-3-11(9-12)6-8-19(17,18)16-7-2-5-13(15)10-16/h1,3-6,8-9H,2,7,10H2/b8-6+. The lowest BCUT2D eigenvalue weighted by Crippen LogP contribution is -2.33. The van der Waals surface area contributed by atoms with Crippen LogP contribution in [-0.4, -0.2) is 25.8 Å². The van der Waals surface area contributed by atoms with E-state index in [9.17, 15) is 12.8 Å². The van der Waals surface area contributed by atoms with Crippen LogP contribution in [0.15, 0.2) is 46.0 Å². The fourth-order valence-corrected chi connectivity index (χ4v) is 3.34. The number of rotatable bonds is 3. The highest BCUT2D eigenvalue weighted by molar-refractivity contribution is 9.10. The Morgan fingerprint density at radius 2 is 2.16 bits per heavy atom. The Hall–Kier alpha value is -0.980. The smallest absolute Gasteiger partial charge is 0.211 e. The van der Waals surface area contributed by atoms with E-state index in [-0.39, 0.29) is 6.54 Å². The molecule has 0 fully saturated rings. The largest absolute Gasteiger partial charge is 0.236 e. The molecule has 1 aromatic carbocycles. The van der Waals surface area contributed by atoms with Crippen LogP contribution in [-0.2, 0) is 10.0 Å². The van der Waals surface area contributed by atoms with Crippen molar-refractivity contribution in [3.8, 4) is 0 Å². The normalized spacial score (nSPS) is 17.7. The fourth-order valence-electron chi connectivity index (χ4n) is 1.76. The summed E-state index contributed by atoms with van der Waals surface area (Å²) in [6, 6.07) is 7.28. The molecule has 0 spiro atoms. The van der Waals surface area contributed by atoms with Gasteiger partial charge in [0.1, 0.15) is 5.83 Å². The highest BCUT2D eigenvalue weighted by Crippen LogP contribution is 2.17. The van der Waals surface area contributed by atoms with Crippen LogP contribution in [0.25, 0.3) is 6.08 Å². The molecule has 0 radical (unpaired) electrons. The van der Waals surface area contributed by atoms with Gasteiger partial charge in [0.25, 0.3) is 0 Å². The van der Waals surface area contributed by atoms with E-state index in [0.717, 1.165) is 19.7 Å². The minimum Gasteiger partial charge on any atom is -0.211 e. The summed E-state index contributed by atoms with van der Waals surface area (Å²) < 4.78 is 39.2. The lowest BCUT2D eigenvalue weighted by atomic mass is 10.2. The minimum atomic E-state index is -3.57. The van der Waals surface area contributed by atoms with Crippen molar-refractivity contribution in [2.45, 2.75) is 6.42 Å². The number of hydrogen-bond acceptors (Lipinski definition) is 2. The van der Waals surface area contributed by atoms with Crippen LogP contribution in [0.1, 0.15) is 12.0 Å². The molecule has 0 saturated carbocycles. The maximum Gasteiger partial charge on any atom is 0.236 e. The van der Waals surface area contributed by atoms with Crippen molar-refractivity contribution in [3.63, 3.8) is 0 Å². The Kier molecular flexibility index (Phi) is 4.54. The van der Waals surface area contributed by atoms with E-state index in [1.165, 1.54) is 12.2 Å². The molecule has 0 saturated heterocycles. The van der Waals surface area contributed by atoms with Crippen molar-refractivity contribution in [1.29, 1.82) is 0 Å². The summed E-state index contributed by atoms with van der Waals surface area (Å²) in [5, 5.41) is 1.12. The molecule has 19 heavy (non-hydrogen) atoms.